The molecule has 162 valence electrons. The maximum atomic E-state index is 11.9. The second-order valence-corrected chi connectivity index (χ2v) is 12.0. The highest BCUT2D eigenvalue weighted by atomic mass is 16.3. The lowest BCUT2D eigenvalue weighted by Gasteiger charge is -2.57. The Hall–Kier alpha value is -0.890. The van der Waals surface area contributed by atoms with Gasteiger partial charge in [0.25, 0.3) is 0 Å². The summed E-state index contributed by atoms with van der Waals surface area (Å²) in [5, 5.41) is 10.1. The van der Waals surface area contributed by atoms with Gasteiger partial charge < -0.3 is 5.11 Å². The minimum absolute atomic E-state index is 0.120. The molecule has 0 unspecified atom stereocenters. The molecule has 7 atom stereocenters. The molecule has 1 N–H and O–H groups in total. The molecule has 4 rings (SSSR count). The predicted octanol–water partition coefficient (Wildman–Crippen LogP) is 6.49. The molecular formula is C27H42O2. The summed E-state index contributed by atoms with van der Waals surface area (Å²) in [5.74, 6) is 4.18. The van der Waals surface area contributed by atoms with Gasteiger partial charge in [0.15, 0.2) is 5.78 Å². The molecule has 0 spiro atoms. The minimum atomic E-state index is -0.530. The first-order valence-corrected chi connectivity index (χ1v) is 12.2. The Morgan fingerprint density at radius 3 is 2.66 bits per heavy atom. The van der Waals surface area contributed by atoms with Gasteiger partial charge in [-0.25, -0.2) is 0 Å². The zero-order valence-electron chi connectivity index (χ0n) is 19.3. The van der Waals surface area contributed by atoms with E-state index >= 15 is 0 Å². The van der Waals surface area contributed by atoms with Gasteiger partial charge in [-0.05, 0) is 106 Å². The van der Waals surface area contributed by atoms with Crippen molar-refractivity contribution in [3.05, 3.63) is 23.8 Å². The molecule has 0 aromatic heterocycles. The molecule has 2 heteroatoms. The Labute approximate surface area is 178 Å². The number of hydrogen-bond donors (Lipinski definition) is 1. The molecule has 3 saturated carbocycles. The predicted molar refractivity (Wildman–Crippen MR) is 119 cm³/mol. The van der Waals surface area contributed by atoms with E-state index in [2.05, 4.69) is 26.8 Å². The molecule has 4 aliphatic carbocycles. The molecular weight excluding hydrogens is 356 g/mol. The van der Waals surface area contributed by atoms with E-state index in [1.54, 1.807) is 0 Å². The van der Waals surface area contributed by atoms with Crippen molar-refractivity contribution >= 4 is 5.78 Å². The van der Waals surface area contributed by atoms with E-state index in [9.17, 15) is 9.90 Å². The van der Waals surface area contributed by atoms with Crippen LogP contribution in [0, 0.1) is 40.4 Å². The number of carbonyl (C=O) groups excluding carboxylic acids is 1. The number of rotatable bonds is 5. The first-order chi connectivity index (χ1) is 13.5. The van der Waals surface area contributed by atoms with Crippen LogP contribution in [0.4, 0.5) is 0 Å². The van der Waals surface area contributed by atoms with E-state index < -0.39 is 5.60 Å². The summed E-state index contributed by atoms with van der Waals surface area (Å²) < 4.78 is 0. The molecule has 0 aromatic rings. The molecule has 4 aliphatic rings. The van der Waals surface area contributed by atoms with Crippen LogP contribution in [-0.2, 0) is 4.79 Å². The van der Waals surface area contributed by atoms with Gasteiger partial charge in [-0.1, -0.05) is 45.3 Å². The molecule has 0 saturated heterocycles. The van der Waals surface area contributed by atoms with Crippen LogP contribution in [0.25, 0.3) is 0 Å². The van der Waals surface area contributed by atoms with Gasteiger partial charge in [0, 0.05) is 5.41 Å². The standard InChI is InChI=1S/C27H42O2/c1-18(7-6-14-25(2,3)29)22-10-11-23-21-9-8-19-17-20(28)12-15-26(19,4)24(21)13-16-27(22,23)5/h12,15,17-18,21-24,29H,6-11,13-14,16H2,1-5H3/t18-,21+,22-,23+,24+,26+,27-/m1/s1. The van der Waals surface area contributed by atoms with E-state index in [0.717, 1.165) is 42.9 Å². The number of ketones is 1. The third-order valence-corrected chi connectivity index (χ3v) is 9.76. The maximum Gasteiger partial charge on any atom is 0.178 e. The van der Waals surface area contributed by atoms with Crippen LogP contribution in [0.15, 0.2) is 23.8 Å². The van der Waals surface area contributed by atoms with Gasteiger partial charge >= 0.3 is 0 Å². The Bertz CT molecular complexity index is 711. The Balaban J connectivity index is 1.48. The quantitative estimate of drug-likeness (QED) is 0.575. The highest BCUT2D eigenvalue weighted by molar-refractivity contribution is 6.01. The molecule has 29 heavy (non-hydrogen) atoms. The van der Waals surface area contributed by atoms with Crippen molar-refractivity contribution in [2.45, 2.75) is 98.0 Å². The number of carbonyl (C=O) groups is 1. The van der Waals surface area contributed by atoms with Crippen LogP contribution in [0.1, 0.15) is 92.4 Å². The van der Waals surface area contributed by atoms with Crippen molar-refractivity contribution in [2.75, 3.05) is 0 Å². The van der Waals surface area contributed by atoms with E-state index in [1.165, 1.54) is 44.1 Å². The molecule has 3 fully saturated rings. The van der Waals surface area contributed by atoms with Crippen molar-refractivity contribution in [1.29, 1.82) is 0 Å². The summed E-state index contributed by atoms with van der Waals surface area (Å²) in [6.07, 6.45) is 17.2. The fourth-order valence-electron chi connectivity index (χ4n) is 8.23. The van der Waals surface area contributed by atoms with Crippen molar-refractivity contribution in [3.8, 4) is 0 Å². The monoisotopic (exact) mass is 398 g/mol. The van der Waals surface area contributed by atoms with E-state index in [0.29, 0.717) is 11.3 Å². The fraction of sp³-hybridized carbons (Fsp3) is 0.815. The van der Waals surface area contributed by atoms with Crippen molar-refractivity contribution in [1.82, 2.24) is 0 Å². The zero-order chi connectivity index (χ0) is 21.0. The van der Waals surface area contributed by atoms with E-state index in [1.807, 2.05) is 26.0 Å². The second-order valence-electron chi connectivity index (χ2n) is 12.0. The number of hydrogen-bond acceptors (Lipinski definition) is 2. The summed E-state index contributed by atoms with van der Waals surface area (Å²) in [4.78, 5) is 11.9. The van der Waals surface area contributed by atoms with Gasteiger partial charge in [-0.3, -0.25) is 4.79 Å². The zero-order valence-corrected chi connectivity index (χ0v) is 19.3. The molecule has 0 radical (unpaired) electrons. The molecule has 2 nitrogen and oxygen atoms in total. The van der Waals surface area contributed by atoms with E-state index in [-0.39, 0.29) is 11.2 Å². The lowest BCUT2D eigenvalue weighted by Crippen LogP contribution is -2.50. The van der Waals surface area contributed by atoms with Crippen molar-refractivity contribution in [3.63, 3.8) is 0 Å². The van der Waals surface area contributed by atoms with Gasteiger partial charge in [-0.2, -0.15) is 0 Å². The van der Waals surface area contributed by atoms with Gasteiger partial charge in [0.05, 0.1) is 5.60 Å². The normalized spacial score (nSPS) is 42.7. The summed E-state index contributed by atoms with van der Waals surface area (Å²) in [6, 6.07) is 0. The Kier molecular flexibility index (Phi) is 5.42. The third kappa shape index (κ3) is 3.68. The third-order valence-electron chi connectivity index (χ3n) is 9.76. The Morgan fingerprint density at radius 2 is 1.93 bits per heavy atom. The average Bonchev–Trinajstić information content (AvgIpc) is 2.98. The first-order valence-electron chi connectivity index (χ1n) is 12.2. The smallest absolute Gasteiger partial charge is 0.178 e. The van der Waals surface area contributed by atoms with Crippen LogP contribution in [-0.4, -0.2) is 16.5 Å². The topological polar surface area (TPSA) is 37.3 Å². The number of aliphatic hydroxyl groups is 1. The average molecular weight is 399 g/mol. The fourth-order valence-corrected chi connectivity index (χ4v) is 8.23. The minimum Gasteiger partial charge on any atom is -0.390 e. The summed E-state index contributed by atoms with van der Waals surface area (Å²) in [6.45, 7) is 11.4. The Morgan fingerprint density at radius 1 is 1.17 bits per heavy atom. The van der Waals surface area contributed by atoms with Gasteiger partial charge in [0.2, 0.25) is 0 Å². The number of fused-ring (bicyclic) bond motifs is 5. The first kappa shape index (κ1) is 21.3. The highest BCUT2D eigenvalue weighted by Crippen LogP contribution is 2.67. The highest BCUT2D eigenvalue weighted by Gasteiger charge is 2.58. The largest absolute Gasteiger partial charge is 0.390 e. The lowest BCUT2D eigenvalue weighted by atomic mass is 9.47. The summed E-state index contributed by atoms with van der Waals surface area (Å²) in [5.41, 5.74) is 1.48. The molecule has 0 amide bonds. The summed E-state index contributed by atoms with van der Waals surface area (Å²) in [7, 11) is 0. The van der Waals surface area contributed by atoms with Crippen molar-refractivity contribution < 1.29 is 9.90 Å². The molecule has 0 bridgehead atoms. The maximum absolute atomic E-state index is 11.9. The van der Waals surface area contributed by atoms with Gasteiger partial charge in [-0.15, -0.1) is 0 Å². The second kappa shape index (κ2) is 7.36. The number of allylic oxidation sites excluding steroid dienone is 4. The van der Waals surface area contributed by atoms with Crippen LogP contribution >= 0.6 is 0 Å². The van der Waals surface area contributed by atoms with Crippen LogP contribution < -0.4 is 0 Å². The SMILES string of the molecule is C[C@H](CCCC(C)(C)O)[C@H]1CC[C@H]2[C@@H]3CCC4=CC(=O)C=C[C@]4(C)[C@H]3CC[C@]12C. The molecule has 0 aromatic carbocycles. The van der Waals surface area contributed by atoms with Crippen molar-refractivity contribution in [2.24, 2.45) is 40.4 Å². The summed E-state index contributed by atoms with van der Waals surface area (Å²) >= 11 is 0. The molecule has 0 heterocycles. The lowest BCUT2D eigenvalue weighted by molar-refractivity contribution is -0.111. The van der Waals surface area contributed by atoms with E-state index in [4.69, 9.17) is 0 Å². The van der Waals surface area contributed by atoms with Crippen LogP contribution in [0.2, 0.25) is 0 Å². The van der Waals surface area contributed by atoms with Crippen LogP contribution in [0.3, 0.4) is 0 Å². The molecule has 0 aliphatic heterocycles. The van der Waals surface area contributed by atoms with Crippen LogP contribution in [0.5, 0.6) is 0 Å². The van der Waals surface area contributed by atoms with Gasteiger partial charge in [0.1, 0.15) is 0 Å².